The molecule has 3 heterocycles. The van der Waals surface area contributed by atoms with Gasteiger partial charge in [-0.15, -0.1) is 5.10 Å². The van der Waals surface area contributed by atoms with Crippen molar-refractivity contribution in [1.82, 2.24) is 25.0 Å². The zero-order valence-electron chi connectivity index (χ0n) is 15.0. The zero-order valence-corrected chi connectivity index (χ0v) is 15.0. The Morgan fingerprint density at radius 2 is 2.04 bits per heavy atom. The Hall–Kier alpha value is -2.28. The Morgan fingerprint density at radius 1 is 1.27 bits per heavy atom. The second-order valence-electron chi connectivity index (χ2n) is 7.29. The summed E-state index contributed by atoms with van der Waals surface area (Å²) >= 11 is 0. The van der Waals surface area contributed by atoms with Crippen molar-refractivity contribution >= 4 is 5.91 Å². The zero-order chi connectivity index (χ0) is 18.1. The number of aromatic nitrogens is 3. The quantitative estimate of drug-likeness (QED) is 0.915. The molecule has 0 radical (unpaired) electrons. The average molecular weight is 357 g/mol. The van der Waals surface area contributed by atoms with Gasteiger partial charge in [-0.25, -0.2) is 14.1 Å². The minimum atomic E-state index is -0.375. The number of amides is 1. The van der Waals surface area contributed by atoms with Crippen molar-refractivity contribution in [2.24, 2.45) is 5.41 Å². The van der Waals surface area contributed by atoms with Crippen molar-refractivity contribution in [3.05, 3.63) is 41.7 Å². The van der Waals surface area contributed by atoms with Gasteiger partial charge in [0.25, 0.3) is 5.91 Å². The second kappa shape index (κ2) is 6.79. The SMILES string of the molecule is CCc1nc(C(=O)N2CCC3(CCNC3)CC2)nn1-c1ccccc1F. The van der Waals surface area contributed by atoms with Gasteiger partial charge < -0.3 is 10.2 Å². The average Bonchev–Trinajstić information content (AvgIpc) is 3.29. The molecule has 1 aromatic carbocycles. The first-order chi connectivity index (χ1) is 12.6. The standard InChI is InChI=1S/C19H24FN5O/c1-2-16-22-17(23-25(16)15-6-4-3-5-14(15)20)18(26)24-11-8-19(9-12-24)7-10-21-13-19/h3-6,21H,2,7-13H2,1H3. The van der Waals surface area contributed by atoms with E-state index in [2.05, 4.69) is 15.4 Å². The van der Waals surface area contributed by atoms with Crippen LogP contribution in [0.5, 0.6) is 0 Å². The molecule has 26 heavy (non-hydrogen) atoms. The normalized spacial score (nSPS) is 19.2. The number of likely N-dealkylation sites (tertiary alicyclic amines) is 1. The van der Waals surface area contributed by atoms with Crippen LogP contribution in [0.15, 0.2) is 24.3 Å². The number of carbonyl (C=O) groups excluding carboxylic acids is 1. The summed E-state index contributed by atoms with van der Waals surface area (Å²) in [7, 11) is 0. The number of hydrogen-bond donors (Lipinski definition) is 1. The molecule has 1 N–H and O–H groups in total. The molecule has 0 aliphatic carbocycles. The molecule has 1 spiro atoms. The van der Waals surface area contributed by atoms with Crippen molar-refractivity contribution in [2.45, 2.75) is 32.6 Å². The van der Waals surface area contributed by atoms with Crippen LogP contribution in [-0.4, -0.2) is 51.8 Å². The van der Waals surface area contributed by atoms with E-state index in [9.17, 15) is 9.18 Å². The van der Waals surface area contributed by atoms with E-state index in [1.807, 2.05) is 11.8 Å². The summed E-state index contributed by atoms with van der Waals surface area (Å²) in [6.07, 6.45) is 3.79. The van der Waals surface area contributed by atoms with Gasteiger partial charge in [-0.05, 0) is 43.4 Å². The second-order valence-corrected chi connectivity index (χ2v) is 7.29. The predicted octanol–water partition coefficient (Wildman–Crippen LogP) is 2.18. The fourth-order valence-corrected chi connectivity index (χ4v) is 4.03. The molecule has 7 heteroatoms. The van der Waals surface area contributed by atoms with Crippen molar-refractivity contribution in [2.75, 3.05) is 26.2 Å². The van der Waals surface area contributed by atoms with Gasteiger partial charge in [0.2, 0.25) is 5.82 Å². The van der Waals surface area contributed by atoms with E-state index in [0.29, 0.717) is 23.3 Å². The Morgan fingerprint density at radius 3 is 2.69 bits per heavy atom. The van der Waals surface area contributed by atoms with Crippen molar-refractivity contribution in [1.29, 1.82) is 0 Å². The smallest absolute Gasteiger partial charge is 0.293 e. The lowest BCUT2D eigenvalue weighted by molar-refractivity contribution is 0.0596. The van der Waals surface area contributed by atoms with Crippen LogP contribution in [0.4, 0.5) is 4.39 Å². The van der Waals surface area contributed by atoms with E-state index < -0.39 is 0 Å². The van der Waals surface area contributed by atoms with Gasteiger partial charge in [0, 0.05) is 26.1 Å². The highest BCUT2D eigenvalue weighted by molar-refractivity contribution is 5.90. The van der Waals surface area contributed by atoms with E-state index in [-0.39, 0.29) is 17.5 Å². The summed E-state index contributed by atoms with van der Waals surface area (Å²) in [5, 5.41) is 7.77. The molecule has 1 aromatic heterocycles. The van der Waals surface area contributed by atoms with Crippen molar-refractivity contribution in [3.63, 3.8) is 0 Å². The molecular formula is C19H24FN5O. The maximum Gasteiger partial charge on any atom is 0.293 e. The summed E-state index contributed by atoms with van der Waals surface area (Å²) in [6.45, 7) is 5.51. The summed E-state index contributed by atoms with van der Waals surface area (Å²) in [4.78, 5) is 19.1. The number of carbonyl (C=O) groups is 1. The van der Waals surface area contributed by atoms with E-state index in [0.717, 1.165) is 39.0 Å². The Bertz CT molecular complexity index is 802. The van der Waals surface area contributed by atoms with E-state index >= 15 is 0 Å². The van der Waals surface area contributed by atoms with Gasteiger partial charge in [-0.3, -0.25) is 4.79 Å². The van der Waals surface area contributed by atoms with Crippen LogP contribution in [0.2, 0.25) is 0 Å². The third kappa shape index (κ3) is 3.00. The molecule has 2 aliphatic rings. The molecule has 138 valence electrons. The van der Waals surface area contributed by atoms with Crippen LogP contribution in [-0.2, 0) is 6.42 Å². The molecule has 4 rings (SSSR count). The molecular weight excluding hydrogens is 333 g/mol. The van der Waals surface area contributed by atoms with Crippen molar-refractivity contribution < 1.29 is 9.18 Å². The minimum Gasteiger partial charge on any atom is -0.336 e. The highest BCUT2D eigenvalue weighted by Crippen LogP contribution is 2.37. The number of nitrogens with one attached hydrogen (secondary N) is 1. The third-order valence-electron chi connectivity index (χ3n) is 5.71. The molecule has 2 aliphatic heterocycles. The molecule has 0 saturated carbocycles. The van der Waals surface area contributed by atoms with Crippen LogP contribution >= 0.6 is 0 Å². The van der Waals surface area contributed by atoms with Crippen LogP contribution in [0.1, 0.15) is 42.6 Å². The van der Waals surface area contributed by atoms with Crippen LogP contribution in [0.25, 0.3) is 5.69 Å². The van der Waals surface area contributed by atoms with Gasteiger partial charge in [0.15, 0.2) is 0 Å². The highest BCUT2D eigenvalue weighted by atomic mass is 19.1. The maximum atomic E-state index is 14.1. The highest BCUT2D eigenvalue weighted by Gasteiger charge is 2.38. The summed E-state index contributed by atoms with van der Waals surface area (Å²) in [5.41, 5.74) is 0.677. The van der Waals surface area contributed by atoms with E-state index in [1.54, 1.807) is 18.2 Å². The van der Waals surface area contributed by atoms with Crippen LogP contribution < -0.4 is 5.32 Å². The first-order valence-electron chi connectivity index (χ1n) is 9.33. The molecule has 2 aromatic rings. The Labute approximate surface area is 152 Å². The third-order valence-corrected chi connectivity index (χ3v) is 5.71. The molecule has 2 fully saturated rings. The number of para-hydroxylation sites is 1. The Kier molecular flexibility index (Phi) is 4.48. The number of piperidine rings is 1. The summed E-state index contributed by atoms with van der Waals surface area (Å²) < 4.78 is 15.6. The molecule has 0 unspecified atom stereocenters. The maximum absolute atomic E-state index is 14.1. The fraction of sp³-hybridized carbons (Fsp3) is 0.526. The number of nitrogens with zero attached hydrogens (tertiary/aromatic N) is 4. The largest absolute Gasteiger partial charge is 0.336 e. The van der Waals surface area contributed by atoms with E-state index in [4.69, 9.17) is 0 Å². The number of rotatable bonds is 3. The molecule has 2 saturated heterocycles. The first kappa shape index (κ1) is 17.1. The van der Waals surface area contributed by atoms with Gasteiger partial charge in [-0.2, -0.15) is 0 Å². The molecule has 1 amide bonds. The number of halogens is 1. The predicted molar refractivity (Wildman–Crippen MR) is 95.8 cm³/mol. The van der Waals surface area contributed by atoms with Gasteiger partial charge in [0.1, 0.15) is 17.3 Å². The lowest BCUT2D eigenvalue weighted by Crippen LogP contribution is -2.44. The summed E-state index contributed by atoms with van der Waals surface area (Å²) in [6, 6.07) is 6.42. The minimum absolute atomic E-state index is 0.157. The van der Waals surface area contributed by atoms with Crippen LogP contribution in [0.3, 0.4) is 0 Å². The van der Waals surface area contributed by atoms with Gasteiger partial charge in [-0.1, -0.05) is 19.1 Å². The number of hydrogen-bond acceptors (Lipinski definition) is 4. The Balaban J connectivity index is 1.55. The van der Waals surface area contributed by atoms with Gasteiger partial charge >= 0.3 is 0 Å². The first-order valence-corrected chi connectivity index (χ1v) is 9.33. The summed E-state index contributed by atoms with van der Waals surface area (Å²) in [5.74, 6) is 0.216. The lowest BCUT2D eigenvalue weighted by Gasteiger charge is -2.38. The monoisotopic (exact) mass is 357 g/mol. The number of benzene rings is 1. The molecule has 0 atom stereocenters. The molecule has 0 bridgehead atoms. The van der Waals surface area contributed by atoms with Crippen molar-refractivity contribution in [3.8, 4) is 5.69 Å². The van der Waals surface area contributed by atoms with E-state index in [1.165, 1.54) is 17.2 Å². The van der Waals surface area contributed by atoms with Gasteiger partial charge in [0.05, 0.1) is 0 Å². The number of aryl methyl sites for hydroxylation is 1. The fourth-order valence-electron chi connectivity index (χ4n) is 4.03. The molecule has 6 nitrogen and oxygen atoms in total. The topological polar surface area (TPSA) is 63.1 Å². The van der Waals surface area contributed by atoms with Crippen LogP contribution in [0, 0.1) is 11.2 Å². The lowest BCUT2D eigenvalue weighted by atomic mass is 9.78.